The van der Waals surface area contributed by atoms with Gasteiger partial charge in [-0.15, -0.1) is 0 Å². The molecule has 0 spiro atoms. The van der Waals surface area contributed by atoms with Gasteiger partial charge < -0.3 is 19.9 Å². The van der Waals surface area contributed by atoms with E-state index in [-0.39, 0.29) is 5.11 Å². The lowest BCUT2D eigenvalue weighted by Crippen LogP contribution is -2.36. The maximum Gasteiger partial charge on any atom is 0.218 e. The molecule has 10 heteroatoms. The highest BCUT2D eigenvalue weighted by atomic mass is 35.5. The first-order valence-electron chi connectivity index (χ1n) is 11.1. The number of rotatable bonds is 7. The number of aromatic nitrogens is 3. The van der Waals surface area contributed by atoms with E-state index in [4.69, 9.17) is 45.8 Å². The highest BCUT2D eigenvalue weighted by Crippen LogP contribution is 2.29. The van der Waals surface area contributed by atoms with Crippen LogP contribution in [0, 0.1) is 12.5 Å². The molecule has 1 aliphatic rings. The molecular weight excluding hydrogens is 470 g/mol. The highest BCUT2D eigenvalue weighted by Gasteiger charge is 2.18. The molecule has 8 nitrogen and oxygen atoms in total. The molecule has 0 bridgehead atoms. The van der Waals surface area contributed by atoms with Gasteiger partial charge in [-0.25, -0.2) is 21.5 Å². The van der Waals surface area contributed by atoms with Crippen molar-refractivity contribution in [1.82, 2.24) is 19.5 Å². The quantitative estimate of drug-likeness (QED) is 0.230. The number of pyridine rings is 1. The van der Waals surface area contributed by atoms with Gasteiger partial charge in [0, 0.05) is 49.2 Å². The average molecular weight is 496 g/mol. The van der Waals surface area contributed by atoms with Gasteiger partial charge in [-0.1, -0.05) is 11.6 Å². The lowest BCUT2D eigenvalue weighted by atomic mass is 10.0. The minimum absolute atomic E-state index is 0.230. The Hall–Kier alpha value is -3.06. The van der Waals surface area contributed by atoms with Crippen LogP contribution in [0.3, 0.4) is 0 Å². The van der Waals surface area contributed by atoms with E-state index in [2.05, 4.69) is 14.9 Å². The summed E-state index contributed by atoms with van der Waals surface area (Å²) in [4.78, 5) is 12.5. The Morgan fingerprint density at radius 1 is 1.41 bits per heavy atom. The molecule has 2 N–H and O–H groups in total. The number of ether oxygens (including phenoxy) is 1. The van der Waals surface area contributed by atoms with E-state index >= 15 is 0 Å². The number of benzene rings is 1. The van der Waals surface area contributed by atoms with Gasteiger partial charge in [-0.3, -0.25) is 0 Å². The molecule has 0 unspecified atom stereocenters. The van der Waals surface area contributed by atoms with Crippen LogP contribution in [-0.2, 0) is 18.2 Å². The first-order valence-corrected chi connectivity index (χ1v) is 11.9. The third kappa shape index (κ3) is 5.53. The standard InChI is InChI=1S/C24H26ClN7OS/c1-27-6-3-17-9-19-18(12-29-32(24(26)34)14-16-4-7-33-8-5-16)10-22(23-13-28-15-31(23)2)30-21(19)11-20(17)25/h9-13,15-16H,3-8,14H2,2H3,(H2,26,34)/b29-12+. The molecule has 0 atom stereocenters. The second-order valence-electron chi connectivity index (χ2n) is 8.30. The Kier molecular flexibility index (Phi) is 7.73. The zero-order valence-corrected chi connectivity index (χ0v) is 20.5. The molecule has 1 aliphatic heterocycles. The molecule has 3 aromatic rings. The van der Waals surface area contributed by atoms with Crippen molar-refractivity contribution in [2.45, 2.75) is 19.3 Å². The van der Waals surface area contributed by atoms with Crippen molar-refractivity contribution in [2.75, 3.05) is 26.3 Å². The van der Waals surface area contributed by atoms with Crippen LogP contribution in [0.1, 0.15) is 24.0 Å². The number of nitrogens with zero attached hydrogens (tertiary/aromatic N) is 6. The maximum atomic E-state index is 7.12. The summed E-state index contributed by atoms with van der Waals surface area (Å²) in [5, 5.41) is 8.07. The molecule has 176 valence electrons. The van der Waals surface area contributed by atoms with E-state index in [0.29, 0.717) is 30.5 Å². The monoisotopic (exact) mass is 495 g/mol. The Morgan fingerprint density at radius 3 is 2.88 bits per heavy atom. The van der Waals surface area contributed by atoms with E-state index in [1.54, 1.807) is 23.7 Å². The summed E-state index contributed by atoms with van der Waals surface area (Å²) in [6.45, 7) is 9.63. The minimum Gasteiger partial charge on any atom is -0.381 e. The first kappa shape index (κ1) is 24.1. The third-order valence-electron chi connectivity index (χ3n) is 5.94. The summed E-state index contributed by atoms with van der Waals surface area (Å²) in [5.41, 5.74) is 10.1. The number of hydrogen-bond acceptors (Lipinski definition) is 5. The van der Waals surface area contributed by atoms with Crippen LogP contribution in [0.2, 0.25) is 5.02 Å². The zero-order valence-electron chi connectivity index (χ0n) is 18.9. The van der Waals surface area contributed by atoms with Crippen LogP contribution in [-0.4, -0.2) is 57.2 Å². The Bertz CT molecular complexity index is 1260. The van der Waals surface area contributed by atoms with E-state index in [1.165, 1.54) is 0 Å². The van der Waals surface area contributed by atoms with Gasteiger partial charge >= 0.3 is 0 Å². The number of thiocarbonyl (C=S) groups is 1. The lowest BCUT2D eigenvalue weighted by molar-refractivity contribution is 0.0600. The van der Waals surface area contributed by atoms with Gasteiger partial charge in [0.25, 0.3) is 0 Å². The van der Waals surface area contributed by atoms with Gasteiger partial charge in [-0.2, -0.15) is 5.10 Å². The number of fused-ring (bicyclic) bond motifs is 1. The minimum atomic E-state index is 0.230. The van der Waals surface area contributed by atoms with Gasteiger partial charge in [0.15, 0.2) is 5.11 Å². The number of aryl methyl sites for hydroxylation is 1. The van der Waals surface area contributed by atoms with Gasteiger partial charge in [-0.05, 0) is 54.7 Å². The predicted octanol–water partition coefficient (Wildman–Crippen LogP) is 4.06. The Morgan fingerprint density at radius 2 is 2.21 bits per heavy atom. The molecule has 0 aliphatic carbocycles. The smallest absolute Gasteiger partial charge is 0.218 e. The van der Waals surface area contributed by atoms with Crippen LogP contribution in [0.15, 0.2) is 35.8 Å². The lowest BCUT2D eigenvalue weighted by Gasteiger charge is -2.26. The van der Waals surface area contributed by atoms with E-state index in [1.807, 2.05) is 29.8 Å². The summed E-state index contributed by atoms with van der Waals surface area (Å²) < 4.78 is 7.37. The van der Waals surface area contributed by atoms with Crippen molar-refractivity contribution >= 4 is 46.0 Å². The molecule has 4 rings (SSSR count). The van der Waals surface area contributed by atoms with Crippen LogP contribution in [0.4, 0.5) is 0 Å². The Labute approximate surface area is 209 Å². The normalized spacial score (nSPS) is 14.5. The highest BCUT2D eigenvalue weighted by molar-refractivity contribution is 7.80. The maximum absolute atomic E-state index is 7.12. The number of halogens is 1. The molecular formula is C24H26ClN7OS. The summed E-state index contributed by atoms with van der Waals surface area (Å²) in [6, 6.07) is 5.82. The fraction of sp³-hybridized carbons (Fsp3) is 0.375. The molecule has 0 saturated carbocycles. The van der Waals surface area contributed by atoms with E-state index in [9.17, 15) is 0 Å². The molecule has 0 amide bonds. The molecule has 1 aromatic carbocycles. The largest absolute Gasteiger partial charge is 0.381 e. The first-order chi connectivity index (χ1) is 16.5. The van der Waals surface area contributed by atoms with Crippen molar-refractivity contribution < 1.29 is 4.74 Å². The topological polar surface area (TPSA) is 85.9 Å². The van der Waals surface area contributed by atoms with Crippen molar-refractivity contribution in [3.8, 4) is 11.4 Å². The van der Waals surface area contributed by atoms with Gasteiger partial charge in [0.2, 0.25) is 6.54 Å². The fourth-order valence-corrected chi connectivity index (χ4v) is 4.40. The van der Waals surface area contributed by atoms with Crippen molar-refractivity contribution in [2.24, 2.45) is 23.8 Å². The van der Waals surface area contributed by atoms with E-state index < -0.39 is 0 Å². The molecule has 1 saturated heterocycles. The van der Waals surface area contributed by atoms with Crippen molar-refractivity contribution in [3.63, 3.8) is 0 Å². The third-order valence-corrected chi connectivity index (χ3v) is 6.51. The fourth-order valence-electron chi connectivity index (χ4n) is 4.03. The predicted molar refractivity (Wildman–Crippen MR) is 139 cm³/mol. The number of hydrogen-bond donors (Lipinski definition) is 1. The van der Waals surface area contributed by atoms with Crippen LogP contribution in [0.25, 0.3) is 27.1 Å². The van der Waals surface area contributed by atoms with E-state index in [0.717, 1.165) is 59.5 Å². The number of nitrogens with two attached hydrogens (primary N) is 1. The molecule has 3 heterocycles. The van der Waals surface area contributed by atoms with Gasteiger partial charge in [0.1, 0.15) is 0 Å². The van der Waals surface area contributed by atoms with Crippen molar-refractivity contribution in [3.05, 3.63) is 58.3 Å². The van der Waals surface area contributed by atoms with Crippen LogP contribution in [0.5, 0.6) is 0 Å². The summed E-state index contributed by atoms with van der Waals surface area (Å²) in [6.07, 6.45) is 7.77. The van der Waals surface area contributed by atoms with Crippen molar-refractivity contribution in [1.29, 1.82) is 0 Å². The average Bonchev–Trinajstić information content (AvgIpc) is 3.26. The summed E-state index contributed by atoms with van der Waals surface area (Å²) >= 11 is 11.8. The van der Waals surface area contributed by atoms with Crippen LogP contribution < -0.4 is 5.73 Å². The number of imidazole rings is 1. The zero-order chi connectivity index (χ0) is 24.1. The molecule has 34 heavy (non-hydrogen) atoms. The Balaban J connectivity index is 1.76. The van der Waals surface area contributed by atoms with Gasteiger partial charge in [0.05, 0.1) is 35.6 Å². The molecule has 1 fully saturated rings. The van der Waals surface area contributed by atoms with Crippen LogP contribution >= 0.6 is 23.8 Å². The molecule has 0 radical (unpaired) electrons. The SMILES string of the molecule is [C-]#[N+]CCc1cc2c(/C=N/N(CC3CCOCC3)C(N)=S)cc(-c3cncn3C)nc2cc1Cl. The molecule has 2 aromatic heterocycles. The number of hydrazone groups is 1. The second-order valence-corrected chi connectivity index (χ2v) is 9.13. The second kappa shape index (κ2) is 10.9. The summed E-state index contributed by atoms with van der Waals surface area (Å²) in [7, 11) is 1.92. The summed E-state index contributed by atoms with van der Waals surface area (Å²) in [5.74, 6) is 0.422.